The van der Waals surface area contributed by atoms with E-state index in [0.717, 1.165) is 11.3 Å². The van der Waals surface area contributed by atoms with Crippen molar-refractivity contribution in [2.45, 2.75) is 6.54 Å². The van der Waals surface area contributed by atoms with Crippen LogP contribution in [0.3, 0.4) is 0 Å². The second-order valence-electron chi connectivity index (χ2n) is 6.74. The molecule has 1 amide bonds. The fourth-order valence-electron chi connectivity index (χ4n) is 3.08. The molecule has 9 nitrogen and oxygen atoms in total. The number of carbonyl (C=O) groups excluding carboxylic acids is 1. The van der Waals surface area contributed by atoms with Crippen molar-refractivity contribution in [3.05, 3.63) is 66.0 Å². The highest BCUT2D eigenvalue weighted by Crippen LogP contribution is 2.29. The number of nitrogens with one attached hydrogen (secondary N) is 2. The summed E-state index contributed by atoms with van der Waals surface area (Å²) in [6, 6.07) is 14.5. The van der Waals surface area contributed by atoms with E-state index in [1.54, 1.807) is 51.6 Å². The average Bonchev–Trinajstić information content (AvgIpc) is 3.24. The average molecular weight is 434 g/mol. The number of carbonyl (C=O) groups is 1. The number of hydrogen-bond acceptors (Lipinski definition) is 8. The van der Waals surface area contributed by atoms with E-state index >= 15 is 0 Å². The van der Waals surface area contributed by atoms with Crippen LogP contribution in [-0.2, 0) is 6.54 Å². The summed E-state index contributed by atoms with van der Waals surface area (Å²) in [7, 11) is 4.77. The number of aromatic nitrogens is 2. The summed E-state index contributed by atoms with van der Waals surface area (Å²) in [4.78, 5) is 20.2. The van der Waals surface area contributed by atoms with Gasteiger partial charge in [-0.25, -0.2) is 0 Å². The Morgan fingerprint density at radius 3 is 2.59 bits per heavy atom. The molecule has 2 aromatic heterocycles. The van der Waals surface area contributed by atoms with Gasteiger partial charge >= 0.3 is 0 Å². The first kappa shape index (κ1) is 21.0. The molecule has 2 aromatic carbocycles. The van der Waals surface area contributed by atoms with Gasteiger partial charge in [0.1, 0.15) is 34.2 Å². The monoisotopic (exact) mass is 434 g/mol. The molecule has 2 N–H and O–H groups in total. The molecule has 0 atom stereocenters. The normalized spacial score (nSPS) is 10.6. The number of oxazole rings is 1. The van der Waals surface area contributed by atoms with Gasteiger partial charge in [-0.1, -0.05) is 0 Å². The number of nitrogens with zero attached hydrogens (tertiary/aromatic N) is 2. The topological polar surface area (TPSA) is 108 Å². The molecule has 9 heteroatoms. The molecule has 0 radical (unpaired) electrons. The van der Waals surface area contributed by atoms with Crippen LogP contribution in [-0.4, -0.2) is 37.1 Å². The summed E-state index contributed by atoms with van der Waals surface area (Å²) >= 11 is 0. The third kappa shape index (κ3) is 4.56. The van der Waals surface area contributed by atoms with E-state index in [2.05, 4.69) is 20.6 Å². The number of pyridine rings is 1. The second kappa shape index (κ2) is 9.25. The molecule has 4 aromatic rings. The standard InChI is InChI=1S/C23H22N4O5/c1-24-22(28)19-10-17(8-9-25-19)31-16-6-7-18-21(12-16)32-23(27-18)26-13-14-4-5-15(29-2)11-20(14)30-3/h4-12H,13H2,1-3H3,(H,24,28)(H,26,27). The lowest BCUT2D eigenvalue weighted by atomic mass is 10.2. The Kier molecular flexibility index (Phi) is 6.07. The Morgan fingerprint density at radius 1 is 1.00 bits per heavy atom. The molecule has 0 fully saturated rings. The number of ether oxygens (including phenoxy) is 3. The molecule has 32 heavy (non-hydrogen) atoms. The minimum absolute atomic E-state index is 0.270. The highest BCUT2D eigenvalue weighted by molar-refractivity contribution is 5.92. The highest BCUT2D eigenvalue weighted by atomic mass is 16.5. The quantitative estimate of drug-likeness (QED) is 0.428. The van der Waals surface area contributed by atoms with Crippen LogP contribution in [0.15, 0.2) is 59.1 Å². The first-order valence-electron chi connectivity index (χ1n) is 9.81. The number of hydrogen-bond donors (Lipinski definition) is 2. The number of anilines is 1. The Balaban J connectivity index is 1.48. The van der Waals surface area contributed by atoms with Crippen LogP contribution in [0.2, 0.25) is 0 Å². The van der Waals surface area contributed by atoms with E-state index in [1.165, 1.54) is 6.20 Å². The Hall–Kier alpha value is -4.27. The fraction of sp³-hybridized carbons (Fsp3) is 0.174. The molecule has 0 aliphatic rings. The van der Waals surface area contributed by atoms with Gasteiger partial charge in [-0.05, 0) is 30.3 Å². The number of rotatable bonds is 8. The molecule has 164 valence electrons. The zero-order chi connectivity index (χ0) is 22.5. The second-order valence-corrected chi connectivity index (χ2v) is 6.74. The van der Waals surface area contributed by atoms with Crippen LogP contribution in [0.1, 0.15) is 16.1 Å². The van der Waals surface area contributed by atoms with Crippen molar-refractivity contribution in [2.75, 3.05) is 26.6 Å². The number of amides is 1. The van der Waals surface area contributed by atoms with Gasteiger partial charge < -0.3 is 29.3 Å². The van der Waals surface area contributed by atoms with Crippen molar-refractivity contribution >= 4 is 23.0 Å². The maximum absolute atomic E-state index is 11.8. The van der Waals surface area contributed by atoms with Crippen molar-refractivity contribution in [1.82, 2.24) is 15.3 Å². The van der Waals surface area contributed by atoms with Crippen LogP contribution in [0.5, 0.6) is 23.0 Å². The number of methoxy groups -OCH3 is 2. The van der Waals surface area contributed by atoms with Crippen LogP contribution < -0.4 is 24.8 Å². The van der Waals surface area contributed by atoms with Gasteiger partial charge in [0.25, 0.3) is 11.9 Å². The minimum atomic E-state index is -0.287. The first-order chi connectivity index (χ1) is 15.6. The maximum atomic E-state index is 11.8. The lowest BCUT2D eigenvalue weighted by Gasteiger charge is -2.10. The lowest BCUT2D eigenvalue weighted by molar-refractivity contribution is 0.0958. The largest absolute Gasteiger partial charge is 0.497 e. The molecule has 0 spiro atoms. The molecule has 0 aliphatic carbocycles. The van der Waals surface area contributed by atoms with Crippen molar-refractivity contribution in [3.8, 4) is 23.0 Å². The summed E-state index contributed by atoms with van der Waals surface area (Å²) in [6.07, 6.45) is 1.52. The zero-order valence-corrected chi connectivity index (χ0v) is 17.8. The van der Waals surface area contributed by atoms with Gasteiger partial charge in [0, 0.05) is 43.6 Å². The Bertz CT molecular complexity index is 1250. The molecule has 0 aliphatic heterocycles. The van der Waals surface area contributed by atoms with Crippen LogP contribution in [0.25, 0.3) is 11.1 Å². The van der Waals surface area contributed by atoms with E-state index in [-0.39, 0.29) is 11.6 Å². The van der Waals surface area contributed by atoms with Gasteiger partial charge in [0.05, 0.1) is 14.2 Å². The third-order valence-electron chi connectivity index (χ3n) is 4.71. The van der Waals surface area contributed by atoms with Gasteiger partial charge in [0.2, 0.25) is 0 Å². The summed E-state index contributed by atoms with van der Waals surface area (Å²) < 4.78 is 22.3. The van der Waals surface area contributed by atoms with Gasteiger partial charge in [-0.2, -0.15) is 4.98 Å². The van der Waals surface area contributed by atoms with Crippen LogP contribution in [0.4, 0.5) is 6.01 Å². The summed E-state index contributed by atoms with van der Waals surface area (Å²) in [5.41, 5.74) is 2.45. The van der Waals surface area contributed by atoms with Crippen molar-refractivity contribution in [1.29, 1.82) is 0 Å². The van der Waals surface area contributed by atoms with Gasteiger partial charge in [-0.15, -0.1) is 0 Å². The van der Waals surface area contributed by atoms with E-state index in [0.29, 0.717) is 40.9 Å². The summed E-state index contributed by atoms with van der Waals surface area (Å²) in [5, 5.41) is 5.70. The Labute approximate surface area is 184 Å². The molecular formula is C23H22N4O5. The molecule has 0 unspecified atom stereocenters. The molecule has 0 saturated carbocycles. The van der Waals surface area contributed by atoms with Crippen LogP contribution >= 0.6 is 0 Å². The molecule has 2 heterocycles. The van der Waals surface area contributed by atoms with E-state index in [9.17, 15) is 4.79 Å². The van der Waals surface area contributed by atoms with Crippen LogP contribution in [0, 0.1) is 0 Å². The van der Waals surface area contributed by atoms with E-state index in [1.807, 2.05) is 18.2 Å². The summed E-state index contributed by atoms with van der Waals surface area (Å²) in [5.74, 6) is 2.17. The maximum Gasteiger partial charge on any atom is 0.295 e. The van der Waals surface area contributed by atoms with E-state index < -0.39 is 0 Å². The zero-order valence-electron chi connectivity index (χ0n) is 17.8. The molecule has 0 saturated heterocycles. The fourth-order valence-corrected chi connectivity index (χ4v) is 3.08. The van der Waals surface area contributed by atoms with Crippen molar-refractivity contribution < 1.29 is 23.4 Å². The first-order valence-corrected chi connectivity index (χ1v) is 9.81. The minimum Gasteiger partial charge on any atom is -0.497 e. The predicted octanol–water partition coefficient (Wildman–Crippen LogP) is 4.00. The van der Waals surface area contributed by atoms with Gasteiger partial charge in [-0.3, -0.25) is 9.78 Å². The summed E-state index contributed by atoms with van der Waals surface area (Å²) in [6.45, 7) is 0.461. The van der Waals surface area contributed by atoms with Crippen molar-refractivity contribution in [2.24, 2.45) is 0 Å². The van der Waals surface area contributed by atoms with Crippen molar-refractivity contribution in [3.63, 3.8) is 0 Å². The molecule has 4 rings (SSSR count). The predicted molar refractivity (Wildman–Crippen MR) is 119 cm³/mol. The van der Waals surface area contributed by atoms with E-state index in [4.69, 9.17) is 18.6 Å². The lowest BCUT2D eigenvalue weighted by Crippen LogP contribution is -2.18. The SMILES string of the molecule is CNC(=O)c1cc(Oc2ccc3nc(NCc4ccc(OC)cc4OC)oc3c2)ccn1. The Morgan fingerprint density at radius 2 is 1.81 bits per heavy atom. The third-order valence-corrected chi connectivity index (χ3v) is 4.71. The number of benzene rings is 2. The molecular weight excluding hydrogens is 412 g/mol. The van der Waals surface area contributed by atoms with Gasteiger partial charge in [0.15, 0.2) is 5.58 Å². The smallest absolute Gasteiger partial charge is 0.295 e. The molecule has 0 bridgehead atoms. The number of fused-ring (bicyclic) bond motifs is 1. The highest BCUT2D eigenvalue weighted by Gasteiger charge is 2.11.